The summed E-state index contributed by atoms with van der Waals surface area (Å²) >= 11 is 0. The molecular weight excluding hydrogens is 333 g/mol. The number of carbonyl (C=O) groups excluding carboxylic acids is 1. The number of amides is 1. The SMILES string of the molecule is O=C(CC1CC1)Nc1cnc(-c2ccncc2F)c(-c2cccnc2)n1. The molecule has 1 amide bonds. The lowest BCUT2D eigenvalue weighted by Crippen LogP contribution is -2.14. The Morgan fingerprint density at radius 2 is 1.96 bits per heavy atom. The average molecular weight is 349 g/mol. The molecule has 0 radical (unpaired) electrons. The van der Waals surface area contributed by atoms with Gasteiger partial charge >= 0.3 is 0 Å². The Kier molecular flexibility index (Phi) is 4.35. The van der Waals surface area contributed by atoms with Crippen molar-refractivity contribution in [3.8, 4) is 22.5 Å². The number of anilines is 1. The van der Waals surface area contributed by atoms with Gasteiger partial charge in [0, 0.05) is 36.1 Å². The van der Waals surface area contributed by atoms with Crippen LogP contribution < -0.4 is 5.32 Å². The molecule has 26 heavy (non-hydrogen) atoms. The van der Waals surface area contributed by atoms with E-state index in [1.807, 2.05) is 6.07 Å². The largest absolute Gasteiger partial charge is 0.309 e. The van der Waals surface area contributed by atoms with E-state index in [9.17, 15) is 9.18 Å². The smallest absolute Gasteiger partial charge is 0.225 e. The second kappa shape index (κ2) is 6.95. The van der Waals surface area contributed by atoms with Crippen LogP contribution in [0.5, 0.6) is 0 Å². The summed E-state index contributed by atoms with van der Waals surface area (Å²) in [7, 11) is 0. The molecule has 1 N–H and O–H groups in total. The predicted octanol–water partition coefficient (Wildman–Crippen LogP) is 3.48. The zero-order chi connectivity index (χ0) is 17.9. The standard InChI is InChI=1S/C19H16FN5O/c20-15-10-22-7-5-14(15)19-18(13-2-1-6-21-9-13)25-16(11-23-19)24-17(26)8-12-3-4-12/h1-2,5-7,9-12H,3-4,8H2,(H,24,25,26). The van der Waals surface area contributed by atoms with Crippen molar-refractivity contribution in [1.82, 2.24) is 19.9 Å². The number of nitrogens with zero attached hydrogens (tertiary/aromatic N) is 4. The number of nitrogens with one attached hydrogen (secondary N) is 1. The lowest BCUT2D eigenvalue weighted by atomic mass is 10.1. The topological polar surface area (TPSA) is 80.7 Å². The molecule has 3 aromatic heterocycles. The predicted molar refractivity (Wildman–Crippen MR) is 94.4 cm³/mol. The average Bonchev–Trinajstić information content (AvgIpc) is 3.47. The first-order valence-electron chi connectivity index (χ1n) is 8.38. The highest BCUT2D eigenvalue weighted by Crippen LogP contribution is 2.33. The number of rotatable bonds is 5. The molecule has 0 unspecified atom stereocenters. The fraction of sp³-hybridized carbons (Fsp3) is 0.211. The fourth-order valence-electron chi connectivity index (χ4n) is 2.70. The molecule has 3 aromatic rings. The maximum absolute atomic E-state index is 14.2. The Labute approximate surface area is 149 Å². The van der Waals surface area contributed by atoms with E-state index in [0.29, 0.717) is 40.7 Å². The van der Waals surface area contributed by atoms with Crippen molar-refractivity contribution >= 4 is 11.7 Å². The molecule has 1 aliphatic rings. The molecule has 1 saturated carbocycles. The van der Waals surface area contributed by atoms with Gasteiger partial charge in [-0.15, -0.1) is 0 Å². The van der Waals surface area contributed by atoms with Gasteiger partial charge in [-0.1, -0.05) is 0 Å². The van der Waals surface area contributed by atoms with Crippen LogP contribution in [0, 0.1) is 11.7 Å². The van der Waals surface area contributed by atoms with Gasteiger partial charge in [0.15, 0.2) is 11.6 Å². The number of hydrogen-bond acceptors (Lipinski definition) is 5. The summed E-state index contributed by atoms with van der Waals surface area (Å²) in [5.41, 5.74) is 1.80. The van der Waals surface area contributed by atoms with Crippen molar-refractivity contribution in [2.45, 2.75) is 19.3 Å². The molecule has 4 rings (SSSR count). The summed E-state index contributed by atoms with van der Waals surface area (Å²) in [6.07, 6.45) is 10.0. The third kappa shape index (κ3) is 3.56. The summed E-state index contributed by atoms with van der Waals surface area (Å²) in [5.74, 6) is 0.248. The minimum Gasteiger partial charge on any atom is -0.309 e. The molecule has 3 heterocycles. The van der Waals surface area contributed by atoms with Crippen molar-refractivity contribution in [3.05, 3.63) is 55.0 Å². The quantitative estimate of drug-likeness (QED) is 0.763. The van der Waals surface area contributed by atoms with Crippen LogP contribution in [0.2, 0.25) is 0 Å². The van der Waals surface area contributed by atoms with Crippen LogP contribution in [0.4, 0.5) is 10.2 Å². The number of carbonyl (C=O) groups is 1. The highest BCUT2D eigenvalue weighted by molar-refractivity contribution is 5.90. The first-order chi connectivity index (χ1) is 12.7. The van der Waals surface area contributed by atoms with Crippen LogP contribution in [-0.4, -0.2) is 25.8 Å². The van der Waals surface area contributed by atoms with Gasteiger partial charge in [-0.05, 0) is 37.0 Å². The van der Waals surface area contributed by atoms with E-state index in [1.54, 1.807) is 24.5 Å². The molecule has 0 spiro atoms. The third-order valence-electron chi connectivity index (χ3n) is 4.17. The number of aromatic nitrogens is 4. The second-order valence-electron chi connectivity index (χ2n) is 6.25. The van der Waals surface area contributed by atoms with Crippen LogP contribution in [0.1, 0.15) is 19.3 Å². The molecule has 6 nitrogen and oxygen atoms in total. The summed E-state index contributed by atoms with van der Waals surface area (Å²) in [6.45, 7) is 0. The van der Waals surface area contributed by atoms with Gasteiger partial charge in [0.2, 0.25) is 5.91 Å². The van der Waals surface area contributed by atoms with Crippen molar-refractivity contribution in [2.24, 2.45) is 5.92 Å². The molecular formula is C19H16FN5O. The van der Waals surface area contributed by atoms with Crippen LogP contribution in [0.3, 0.4) is 0 Å². The molecule has 0 aliphatic heterocycles. The van der Waals surface area contributed by atoms with Gasteiger partial charge < -0.3 is 5.32 Å². The number of pyridine rings is 2. The van der Waals surface area contributed by atoms with Crippen molar-refractivity contribution < 1.29 is 9.18 Å². The zero-order valence-corrected chi connectivity index (χ0v) is 13.9. The van der Waals surface area contributed by atoms with Crippen molar-refractivity contribution in [3.63, 3.8) is 0 Å². The lowest BCUT2D eigenvalue weighted by molar-refractivity contribution is -0.116. The van der Waals surface area contributed by atoms with E-state index in [4.69, 9.17) is 0 Å². The van der Waals surface area contributed by atoms with Crippen LogP contribution in [0.15, 0.2) is 49.2 Å². The Morgan fingerprint density at radius 1 is 1.12 bits per heavy atom. The first kappa shape index (κ1) is 16.3. The normalized spacial score (nSPS) is 13.4. The summed E-state index contributed by atoms with van der Waals surface area (Å²) in [4.78, 5) is 28.8. The van der Waals surface area contributed by atoms with Crippen LogP contribution in [0.25, 0.3) is 22.5 Å². The number of halogens is 1. The second-order valence-corrected chi connectivity index (χ2v) is 6.25. The zero-order valence-electron chi connectivity index (χ0n) is 13.9. The fourth-order valence-corrected chi connectivity index (χ4v) is 2.70. The van der Waals surface area contributed by atoms with E-state index >= 15 is 0 Å². The molecule has 7 heteroatoms. The van der Waals surface area contributed by atoms with E-state index in [0.717, 1.165) is 19.0 Å². The van der Waals surface area contributed by atoms with Crippen LogP contribution in [-0.2, 0) is 4.79 Å². The maximum atomic E-state index is 14.2. The molecule has 130 valence electrons. The van der Waals surface area contributed by atoms with Gasteiger partial charge in [0.1, 0.15) is 5.69 Å². The molecule has 1 fully saturated rings. The number of hydrogen-bond donors (Lipinski definition) is 1. The molecule has 0 atom stereocenters. The summed E-state index contributed by atoms with van der Waals surface area (Å²) in [5, 5.41) is 2.78. The van der Waals surface area contributed by atoms with Gasteiger partial charge in [0.25, 0.3) is 0 Å². The van der Waals surface area contributed by atoms with Gasteiger partial charge in [-0.25, -0.2) is 14.4 Å². The van der Waals surface area contributed by atoms with Crippen molar-refractivity contribution in [2.75, 3.05) is 5.32 Å². The minimum atomic E-state index is -0.488. The Morgan fingerprint density at radius 3 is 2.69 bits per heavy atom. The lowest BCUT2D eigenvalue weighted by Gasteiger charge is -2.11. The first-order valence-corrected chi connectivity index (χ1v) is 8.38. The van der Waals surface area contributed by atoms with Gasteiger partial charge in [-0.3, -0.25) is 14.8 Å². The highest BCUT2D eigenvalue weighted by Gasteiger charge is 2.25. The van der Waals surface area contributed by atoms with E-state index in [-0.39, 0.29) is 5.91 Å². The minimum absolute atomic E-state index is 0.0817. The Bertz CT molecular complexity index is 944. The van der Waals surface area contributed by atoms with Gasteiger partial charge in [0.05, 0.1) is 18.1 Å². The van der Waals surface area contributed by atoms with Gasteiger partial charge in [-0.2, -0.15) is 0 Å². The third-order valence-corrected chi connectivity index (χ3v) is 4.17. The van der Waals surface area contributed by atoms with Crippen LogP contribution >= 0.6 is 0 Å². The maximum Gasteiger partial charge on any atom is 0.225 e. The van der Waals surface area contributed by atoms with E-state index in [1.165, 1.54) is 12.4 Å². The van der Waals surface area contributed by atoms with E-state index in [2.05, 4.69) is 25.3 Å². The molecule has 0 saturated heterocycles. The molecule has 1 aliphatic carbocycles. The molecule has 0 aromatic carbocycles. The summed E-state index contributed by atoms with van der Waals surface area (Å²) < 4.78 is 14.2. The van der Waals surface area contributed by atoms with E-state index < -0.39 is 5.82 Å². The van der Waals surface area contributed by atoms with Crippen molar-refractivity contribution in [1.29, 1.82) is 0 Å². The molecule has 0 bridgehead atoms. The monoisotopic (exact) mass is 349 g/mol. The Balaban J connectivity index is 1.74. The highest BCUT2D eigenvalue weighted by atomic mass is 19.1. The summed E-state index contributed by atoms with van der Waals surface area (Å²) in [6, 6.07) is 5.13. The Hall–Kier alpha value is -3.22.